The number of nitrogens with zero attached hydrogens (tertiary/aromatic N) is 3. The second-order valence-corrected chi connectivity index (χ2v) is 7.71. The maximum absolute atomic E-state index is 12.2. The van der Waals surface area contributed by atoms with Crippen LogP contribution in [0.1, 0.15) is 39.0 Å². The minimum Gasteiger partial charge on any atom is -0.357 e. The number of carbonyl (C=O) groups excluding carboxylic acids is 1. The van der Waals surface area contributed by atoms with Gasteiger partial charge in [0.05, 0.1) is 5.75 Å². The van der Waals surface area contributed by atoms with Gasteiger partial charge in [-0.25, -0.2) is 0 Å². The Bertz CT molecular complexity index is 475. The lowest BCUT2D eigenvalue weighted by Crippen LogP contribution is -2.42. The van der Waals surface area contributed by atoms with Crippen molar-refractivity contribution in [3.05, 3.63) is 0 Å². The van der Waals surface area contributed by atoms with E-state index in [2.05, 4.69) is 22.4 Å². The van der Waals surface area contributed by atoms with Crippen LogP contribution in [-0.2, 0) is 4.79 Å². The highest BCUT2D eigenvalue weighted by molar-refractivity contribution is 8.01. The largest absolute Gasteiger partial charge is 0.357 e. The molecule has 1 saturated carbocycles. The minimum absolute atomic E-state index is 0.231. The van der Waals surface area contributed by atoms with Gasteiger partial charge in [-0.05, 0) is 39.0 Å². The van der Waals surface area contributed by atoms with E-state index in [1.54, 1.807) is 11.3 Å². The molecule has 1 atom stereocenters. The van der Waals surface area contributed by atoms with Gasteiger partial charge >= 0.3 is 0 Å². The quantitative estimate of drug-likeness (QED) is 0.847. The zero-order chi connectivity index (χ0) is 13.9. The van der Waals surface area contributed by atoms with Crippen molar-refractivity contribution < 1.29 is 4.79 Å². The Labute approximate surface area is 127 Å². The first-order valence-electron chi connectivity index (χ1n) is 7.24. The normalized spacial score (nSPS) is 22.9. The van der Waals surface area contributed by atoms with Crippen molar-refractivity contribution in [2.24, 2.45) is 0 Å². The van der Waals surface area contributed by atoms with Crippen LogP contribution in [0.4, 0.5) is 5.13 Å². The molecule has 2 aliphatic rings. The van der Waals surface area contributed by atoms with Gasteiger partial charge in [0.25, 0.3) is 0 Å². The zero-order valence-electron chi connectivity index (χ0n) is 11.7. The molecule has 1 N–H and O–H groups in total. The molecule has 1 aliphatic heterocycles. The van der Waals surface area contributed by atoms with Crippen LogP contribution in [0.25, 0.3) is 0 Å². The maximum atomic E-state index is 12.2. The third kappa shape index (κ3) is 3.63. The Morgan fingerprint density at radius 1 is 1.40 bits per heavy atom. The summed E-state index contributed by atoms with van der Waals surface area (Å²) in [6.07, 6.45) is 5.96. The molecule has 7 heteroatoms. The molecule has 2 heterocycles. The highest BCUT2D eigenvalue weighted by Crippen LogP contribution is 2.30. The fourth-order valence-electron chi connectivity index (χ4n) is 2.40. The molecule has 20 heavy (non-hydrogen) atoms. The Morgan fingerprint density at radius 2 is 2.25 bits per heavy atom. The number of aromatic nitrogens is 2. The van der Waals surface area contributed by atoms with Gasteiger partial charge in [-0.15, -0.1) is 10.2 Å². The average Bonchev–Trinajstić information content (AvgIpc) is 3.14. The van der Waals surface area contributed by atoms with E-state index in [4.69, 9.17) is 0 Å². The van der Waals surface area contributed by atoms with Crippen LogP contribution >= 0.6 is 23.1 Å². The second-order valence-electron chi connectivity index (χ2n) is 5.51. The van der Waals surface area contributed by atoms with E-state index < -0.39 is 0 Å². The Hall–Kier alpha value is -0.820. The van der Waals surface area contributed by atoms with E-state index in [0.717, 1.165) is 28.9 Å². The summed E-state index contributed by atoms with van der Waals surface area (Å²) in [6, 6.07) is 0.981. The van der Waals surface area contributed by atoms with Gasteiger partial charge in [0.15, 0.2) is 4.34 Å². The molecular formula is C13H20N4OS2. The third-order valence-corrected chi connectivity index (χ3v) is 5.73. The fourth-order valence-corrected chi connectivity index (χ4v) is 4.12. The van der Waals surface area contributed by atoms with Gasteiger partial charge in [-0.2, -0.15) is 0 Å². The van der Waals surface area contributed by atoms with Crippen LogP contribution in [0.2, 0.25) is 0 Å². The van der Waals surface area contributed by atoms with Crippen molar-refractivity contribution in [2.45, 2.75) is 55.5 Å². The number of thioether (sulfide) groups is 1. The van der Waals surface area contributed by atoms with E-state index in [0.29, 0.717) is 17.8 Å². The summed E-state index contributed by atoms with van der Waals surface area (Å²) in [6.45, 7) is 3.05. The average molecular weight is 312 g/mol. The summed E-state index contributed by atoms with van der Waals surface area (Å²) in [7, 11) is 0. The number of nitrogens with one attached hydrogen (secondary N) is 1. The highest BCUT2D eigenvalue weighted by Gasteiger charge is 2.24. The fraction of sp³-hybridized carbons (Fsp3) is 0.769. The summed E-state index contributed by atoms with van der Waals surface area (Å²) in [4.78, 5) is 14.2. The molecule has 0 aromatic carbocycles. The van der Waals surface area contributed by atoms with Crippen molar-refractivity contribution in [3.63, 3.8) is 0 Å². The minimum atomic E-state index is 0.231. The van der Waals surface area contributed by atoms with Crippen molar-refractivity contribution in [2.75, 3.05) is 17.6 Å². The van der Waals surface area contributed by atoms with E-state index in [9.17, 15) is 4.79 Å². The number of likely N-dealkylation sites (tertiary alicyclic amines) is 1. The molecule has 0 spiro atoms. The molecule has 5 nitrogen and oxygen atoms in total. The van der Waals surface area contributed by atoms with Crippen LogP contribution in [0.3, 0.4) is 0 Å². The third-order valence-electron chi connectivity index (χ3n) is 3.75. The molecule has 110 valence electrons. The molecule has 1 aromatic heterocycles. The van der Waals surface area contributed by atoms with E-state index in [-0.39, 0.29) is 5.91 Å². The van der Waals surface area contributed by atoms with Gasteiger partial charge in [-0.3, -0.25) is 4.79 Å². The number of carbonyl (C=O) groups is 1. The molecule has 1 unspecified atom stereocenters. The number of hydrogen-bond donors (Lipinski definition) is 1. The van der Waals surface area contributed by atoms with Gasteiger partial charge in [-0.1, -0.05) is 23.1 Å². The number of amides is 1. The van der Waals surface area contributed by atoms with Gasteiger partial charge in [0, 0.05) is 18.6 Å². The Balaban J connectivity index is 1.47. The predicted octanol–water partition coefficient (Wildman–Crippen LogP) is 2.61. The number of hydrogen-bond acceptors (Lipinski definition) is 6. The van der Waals surface area contributed by atoms with Gasteiger partial charge in [0.2, 0.25) is 11.0 Å². The van der Waals surface area contributed by atoms with E-state index in [1.807, 2.05) is 4.90 Å². The summed E-state index contributed by atoms with van der Waals surface area (Å²) < 4.78 is 0.881. The molecule has 0 bridgehead atoms. The molecule has 1 saturated heterocycles. The van der Waals surface area contributed by atoms with Crippen LogP contribution < -0.4 is 5.32 Å². The molecule has 1 aliphatic carbocycles. The summed E-state index contributed by atoms with van der Waals surface area (Å²) >= 11 is 3.06. The summed E-state index contributed by atoms with van der Waals surface area (Å²) in [5.41, 5.74) is 0. The molecule has 1 amide bonds. The van der Waals surface area contributed by atoms with Crippen LogP contribution in [-0.4, -0.2) is 45.4 Å². The SMILES string of the molecule is CC1CCCCN1C(=O)CSc1nnc(NC2CC2)s1. The first-order valence-corrected chi connectivity index (χ1v) is 9.05. The first kappa shape index (κ1) is 14.1. The Morgan fingerprint density at radius 3 is 3.00 bits per heavy atom. The van der Waals surface area contributed by atoms with Crippen LogP contribution in [0.5, 0.6) is 0 Å². The molecule has 0 radical (unpaired) electrons. The smallest absolute Gasteiger partial charge is 0.233 e. The molecule has 2 fully saturated rings. The van der Waals surface area contributed by atoms with Crippen molar-refractivity contribution in [1.82, 2.24) is 15.1 Å². The maximum Gasteiger partial charge on any atom is 0.233 e. The topological polar surface area (TPSA) is 58.1 Å². The van der Waals surface area contributed by atoms with Gasteiger partial charge in [0.1, 0.15) is 0 Å². The van der Waals surface area contributed by atoms with Crippen molar-refractivity contribution >= 4 is 34.1 Å². The van der Waals surface area contributed by atoms with Crippen LogP contribution in [0.15, 0.2) is 4.34 Å². The van der Waals surface area contributed by atoms with Gasteiger partial charge < -0.3 is 10.2 Å². The molecular weight excluding hydrogens is 292 g/mol. The lowest BCUT2D eigenvalue weighted by atomic mass is 10.0. The number of anilines is 1. The molecule has 3 rings (SSSR count). The first-order chi connectivity index (χ1) is 9.72. The summed E-state index contributed by atoms with van der Waals surface area (Å²) in [5, 5.41) is 12.5. The second kappa shape index (κ2) is 6.30. The van der Waals surface area contributed by atoms with Crippen molar-refractivity contribution in [1.29, 1.82) is 0 Å². The summed E-state index contributed by atoms with van der Waals surface area (Å²) in [5.74, 6) is 0.705. The van der Waals surface area contributed by atoms with E-state index >= 15 is 0 Å². The predicted molar refractivity (Wildman–Crippen MR) is 82.3 cm³/mol. The highest BCUT2D eigenvalue weighted by atomic mass is 32.2. The number of rotatable bonds is 5. The van der Waals surface area contributed by atoms with E-state index in [1.165, 1.54) is 31.0 Å². The van der Waals surface area contributed by atoms with Crippen molar-refractivity contribution in [3.8, 4) is 0 Å². The zero-order valence-corrected chi connectivity index (χ0v) is 13.3. The lowest BCUT2D eigenvalue weighted by Gasteiger charge is -2.33. The monoisotopic (exact) mass is 312 g/mol. The van der Waals surface area contributed by atoms with Crippen LogP contribution in [0, 0.1) is 0 Å². The molecule has 1 aromatic rings. The number of piperidine rings is 1. The Kier molecular flexibility index (Phi) is 4.45. The standard InChI is InChI=1S/C13H20N4OS2/c1-9-4-2-3-7-17(9)11(18)8-19-13-16-15-12(20-13)14-10-5-6-10/h9-10H,2-8H2,1H3,(H,14,15). The lowest BCUT2D eigenvalue weighted by molar-refractivity contribution is -0.131.